The summed E-state index contributed by atoms with van der Waals surface area (Å²) < 4.78 is 15.7. The molecular weight excluding hydrogens is 184 g/mol. The lowest BCUT2D eigenvalue weighted by Gasteiger charge is -2.16. The zero-order valence-corrected chi connectivity index (χ0v) is 9.36. The van der Waals surface area contributed by atoms with Gasteiger partial charge in [0.15, 0.2) is 6.29 Å². The van der Waals surface area contributed by atoms with Crippen molar-refractivity contribution in [2.75, 3.05) is 26.4 Å². The van der Waals surface area contributed by atoms with E-state index in [2.05, 4.69) is 0 Å². The van der Waals surface area contributed by atoms with Crippen LogP contribution in [0, 0.1) is 0 Å². The average Bonchev–Trinajstić information content (AvgIpc) is 2.16. The Kier molecular flexibility index (Phi) is 9.29. The third kappa shape index (κ3) is 8.44. The Hall–Kier alpha value is -0.160. The summed E-state index contributed by atoms with van der Waals surface area (Å²) in [5.41, 5.74) is 0. The van der Waals surface area contributed by atoms with Gasteiger partial charge in [-0.25, -0.2) is 0 Å². The molecule has 1 unspecified atom stereocenters. The molecule has 0 amide bonds. The van der Waals surface area contributed by atoms with Crippen LogP contribution >= 0.6 is 0 Å². The summed E-state index contributed by atoms with van der Waals surface area (Å²) in [7, 11) is 0. The van der Waals surface area contributed by atoms with Gasteiger partial charge in [0.05, 0.1) is 25.9 Å². The highest BCUT2D eigenvalue weighted by molar-refractivity contribution is 4.42. The minimum Gasteiger partial charge on any atom is -0.391 e. The molecule has 0 heterocycles. The summed E-state index contributed by atoms with van der Waals surface area (Å²) in [6, 6.07) is 0. The fourth-order valence-electron chi connectivity index (χ4n) is 0.866. The molecule has 0 bridgehead atoms. The van der Waals surface area contributed by atoms with Crippen LogP contribution in [0.15, 0.2) is 0 Å². The molecule has 0 spiro atoms. The second-order valence-electron chi connectivity index (χ2n) is 3.27. The van der Waals surface area contributed by atoms with E-state index in [-0.39, 0.29) is 12.7 Å². The van der Waals surface area contributed by atoms with Gasteiger partial charge in [0.25, 0.3) is 0 Å². The average molecular weight is 206 g/mol. The molecule has 14 heavy (non-hydrogen) atoms. The molecule has 0 aliphatic carbocycles. The van der Waals surface area contributed by atoms with E-state index in [1.807, 2.05) is 20.8 Å². The van der Waals surface area contributed by atoms with Gasteiger partial charge in [-0.2, -0.15) is 0 Å². The second-order valence-corrected chi connectivity index (χ2v) is 3.27. The first-order valence-corrected chi connectivity index (χ1v) is 5.16. The van der Waals surface area contributed by atoms with Crippen LogP contribution < -0.4 is 0 Å². The van der Waals surface area contributed by atoms with Crippen molar-refractivity contribution >= 4 is 0 Å². The molecule has 0 fully saturated rings. The van der Waals surface area contributed by atoms with E-state index >= 15 is 0 Å². The SMILES string of the molecule is CCCOC(CO)OCCOC(C)C. The molecule has 86 valence electrons. The Morgan fingerprint density at radius 1 is 1.00 bits per heavy atom. The minimum atomic E-state index is -0.509. The van der Waals surface area contributed by atoms with Crippen LogP contribution in [0.5, 0.6) is 0 Å². The fraction of sp³-hybridized carbons (Fsp3) is 1.00. The second kappa shape index (κ2) is 9.40. The van der Waals surface area contributed by atoms with Crippen LogP contribution in [-0.4, -0.2) is 43.9 Å². The van der Waals surface area contributed by atoms with Crippen molar-refractivity contribution in [3.63, 3.8) is 0 Å². The van der Waals surface area contributed by atoms with E-state index in [0.29, 0.717) is 19.8 Å². The smallest absolute Gasteiger partial charge is 0.180 e. The summed E-state index contributed by atoms with van der Waals surface area (Å²) in [5, 5.41) is 8.87. The van der Waals surface area contributed by atoms with Crippen LogP contribution in [0.25, 0.3) is 0 Å². The monoisotopic (exact) mass is 206 g/mol. The molecule has 0 aliphatic rings. The summed E-state index contributed by atoms with van der Waals surface area (Å²) >= 11 is 0. The number of hydrogen-bond donors (Lipinski definition) is 1. The number of aliphatic hydroxyl groups excluding tert-OH is 1. The molecule has 0 aromatic rings. The molecule has 1 atom stereocenters. The summed E-state index contributed by atoms with van der Waals surface area (Å²) in [4.78, 5) is 0. The number of ether oxygens (including phenoxy) is 3. The zero-order chi connectivity index (χ0) is 10.8. The molecule has 0 rings (SSSR count). The summed E-state index contributed by atoms with van der Waals surface area (Å²) in [5.74, 6) is 0. The van der Waals surface area contributed by atoms with E-state index in [9.17, 15) is 0 Å². The maximum Gasteiger partial charge on any atom is 0.180 e. The Bertz CT molecular complexity index is 117. The van der Waals surface area contributed by atoms with Gasteiger partial charge in [-0.3, -0.25) is 0 Å². The Morgan fingerprint density at radius 2 is 1.57 bits per heavy atom. The molecular formula is C10H22O4. The standard InChI is InChI=1S/C10H22O4/c1-4-5-13-10(8-11)14-7-6-12-9(2)3/h9-11H,4-8H2,1-3H3. The Morgan fingerprint density at radius 3 is 2.07 bits per heavy atom. The minimum absolute atomic E-state index is 0.109. The topological polar surface area (TPSA) is 47.9 Å². The maximum absolute atomic E-state index is 8.87. The van der Waals surface area contributed by atoms with E-state index in [4.69, 9.17) is 19.3 Å². The molecule has 0 saturated carbocycles. The molecule has 0 aromatic carbocycles. The van der Waals surface area contributed by atoms with Crippen molar-refractivity contribution in [1.82, 2.24) is 0 Å². The Labute approximate surface area is 86.2 Å². The highest BCUT2D eigenvalue weighted by atomic mass is 16.7. The van der Waals surface area contributed by atoms with Gasteiger partial charge in [-0.05, 0) is 20.3 Å². The molecule has 0 aliphatic heterocycles. The maximum atomic E-state index is 8.87. The largest absolute Gasteiger partial charge is 0.391 e. The fourth-order valence-corrected chi connectivity index (χ4v) is 0.866. The highest BCUT2D eigenvalue weighted by Gasteiger charge is 2.06. The first kappa shape index (κ1) is 13.8. The predicted octanol–water partition coefficient (Wildman–Crippen LogP) is 1.17. The lowest BCUT2D eigenvalue weighted by atomic mass is 10.5. The summed E-state index contributed by atoms with van der Waals surface area (Å²) in [6.45, 7) is 7.43. The first-order chi connectivity index (χ1) is 6.70. The van der Waals surface area contributed by atoms with Gasteiger partial charge in [-0.15, -0.1) is 0 Å². The van der Waals surface area contributed by atoms with Gasteiger partial charge in [0.2, 0.25) is 0 Å². The van der Waals surface area contributed by atoms with Crippen LogP contribution in [0.2, 0.25) is 0 Å². The predicted molar refractivity (Wildman–Crippen MR) is 54.2 cm³/mol. The highest BCUT2D eigenvalue weighted by Crippen LogP contribution is 1.96. The van der Waals surface area contributed by atoms with Crippen molar-refractivity contribution in [3.8, 4) is 0 Å². The van der Waals surface area contributed by atoms with Crippen LogP contribution in [0.1, 0.15) is 27.2 Å². The third-order valence-corrected chi connectivity index (χ3v) is 1.50. The van der Waals surface area contributed by atoms with Crippen molar-refractivity contribution in [3.05, 3.63) is 0 Å². The van der Waals surface area contributed by atoms with Gasteiger partial charge in [0, 0.05) is 6.61 Å². The van der Waals surface area contributed by atoms with Crippen LogP contribution in [-0.2, 0) is 14.2 Å². The van der Waals surface area contributed by atoms with Crippen LogP contribution in [0.3, 0.4) is 0 Å². The summed E-state index contributed by atoms with van der Waals surface area (Å²) in [6.07, 6.45) is 0.621. The van der Waals surface area contributed by atoms with Gasteiger partial charge in [-0.1, -0.05) is 6.92 Å². The van der Waals surface area contributed by atoms with Gasteiger partial charge < -0.3 is 19.3 Å². The molecule has 0 radical (unpaired) electrons. The van der Waals surface area contributed by atoms with Crippen LogP contribution in [0.4, 0.5) is 0 Å². The number of rotatable bonds is 9. The lowest BCUT2D eigenvalue weighted by molar-refractivity contribution is -0.170. The van der Waals surface area contributed by atoms with Crippen molar-refractivity contribution in [2.24, 2.45) is 0 Å². The number of aliphatic hydroxyl groups is 1. The van der Waals surface area contributed by atoms with Gasteiger partial charge in [0.1, 0.15) is 0 Å². The third-order valence-electron chi connectivity index (χ3n) is 1.50. The van der Waals surface area contributed by atoms with E-state index in [1.165, 1.54) is 0 Å². The van der Waals surface area contributed by atoms with Crippen molar-refractivity contribution < 1.29 is 19.3 Å². The van der Waals surface area contributed by atoms with Gasteiger partial charge >= 0.3 is 0 Å². The first-order valence-electron chi connectivity index (χ1n) is 5.16. The number of hydrogen-bond acceptors (Lipinski definition) is 4. The molecule has 4 nitrogen and oxygen atoms in total. The molecule has 4 heteroatoms. The molecule has 1 N–H and O–H groups in total. The quantitative estimate of drug-likeness (QED) is 0.454. The Balaban J connectivity index is 3.33. The van der Waals surface area contributed by atoms with Crippen molar-refractivity contribution in [2.45, 2.75) is 39.6 Å². The van der Waals surface area contributed by atoms with E-state index < -0.39 is 6.29 Å². The normalized spacial score (nSPS) is 13.5. The molecule has 0 saturated heterocycles. The van der Waals surface area contributed by atoms with E-state index in [0.717, 1.165) is 6.42 Å². The van der Waals surface area contributed by atoms with E-state index in [1.54, 1.807) is 0 Å². The zero-order valence-electron chi connectivity index (χ0n) is 9.36. The lowest BCUT2D eigenvalue weighted by Crippen LogP contribution is -2.24. The molecule has 0 aromatic heterocycles. The van der Waals surface area contributed by atoms with Crippen molar-refractivity contribution in [1.29, 1.82) is 0 Å².